The SMILES string of the molecule is O=C(Nc1cc(C(=O)N2C=Cc3cccc(F)c3C2)n[nH]1)c1cc(F)c(F)cc1Cl. The zero-order chi connectivity index (χ0) is 21.4. The molecular formula is C20H12ClF3N4O2. The van der Waals surface area contributed by atoms with Crippen molar-refractivity contribution < 1.29 is 22.8 Å². The first-order valence-electron chi connectivity index (χ1n) is 8.61. The van der Waals surface area contributed by atoms with E-state index in [1.165, 1.54) is 23.2 Å². The highest BCUT2D eigenvalue weighted by atomic mass is 35.5. The molecule has 0 bridgehead atoms. The number of carbonyl (C=O) groups excluding carboxylic acids is 2. The molecule has 1 aliphatic rings. The summed E-state index contributed by atoms with van der Waals surface area (Å²) in [5.41, 5.74) is 0.734. The Morgan fingerprint density at radius 2 is 1.87 bits per heavy atom. The molecule has 0 unspecified atom stereocenters. The van der Waals surface area contributed by atoms with Gasteiger partial charge >= 0.3 is 0 Å². The van der Waals surface area contributed by atoms with Gasteiger partial charge in [0.1, 0.15) is 11.6 Å². The lowest BCUT2D eigenvalue weighted by atomic mass is 10.0. The minimum Gasteiger partial charge on any atom is -0.309 e. The molecule has 0 saturated heterocycles. The fourth-order valence-electron chi connectivity index (χ4n) is 2.96. The van der Waals surface area contributed by atoms with Crippen molar-refractivity contribution in [2.24, 2.45) is 0 Å². The second-order valence-corrected chi connectivity index (χ2v) is 6.83. The van der Waals surface area contributed by atoms with Gasteiger partial charge in [0.05, 0.1) is 17.1 Å². The van der Waals surface area contributed by atoms with E-state index >= 15 is 0 Å². The molecule has 0 saturated carbocycles. The van der Waals surface area contributed by atoms with E-state index in [4.69, 9.17) is 11.6 Å². The fourth-order valence-corrected chi connectivity index (χ4v) is 3.20. The van der Waals surface area contributed by atoms with Crippen LogP contribution in [0.2, 0.25) is 5.02 Å². The van der Waals surface area contributed by atoms with E-state index in [9.17, 15) is 22.8 Å². The van der Waals surface area contributed by atoms with Gasteiger partial charge in [0.2, 0.25) is 0 Å². The topological polar surface area (TPSA) is 78.1 Å². The van der Waals surface area contributed by atoms with E-state index < -0.39 is 29.3 Å². The maximum atomic E-state index is 14.0. The molecule has 1 aliphatic heterocycles. The molecule has 0 aliphatic carbocycles. The number of aromatic nitrogens is 2. The smallest absolute Gasteiger partial charge is 0.278 e. The van der Waals surface area contributed by atoms with Crippen molar-refractivity contribution >= 4 is 35.3 Å². The Kier molecular flexibility index (Phi) is 5.04. The number of benzene rings is 2. The lowest BCUT2D eigenvalue weighted by molar-refractivity contribution is 0.0806. The van der Waals surface area contributed by atoms with Gasteiger partial charge in [-0.15, -0.1) is 0 Å². The molecule has 4 rings (SSSR count). The van der Waals surface area contributed by atoms with Crippen LogP contribution in [0.3, 0.4) is 0 Å². The number of nitrogens with one attached hydrogen (secondary N) is 2. The Morgan fingerprint density at radius 3 is 2.67 bits per heavy atom. The van der Waals surface area contributed by atoms with Crippen molar-refractivity contribution in [3.63, 3.8) is 0 Å². The normalized spacial score (nSPS) is 12.6. The maximum absolute atomic E-state index is 14.0. The number of nitrogens with zero attached hydrogens (tertiary/aromatic N) is 2. The Morgan fingerprint density at radius 1 is 1.10 bits per heavy atom. The number of halogens is 4. The number of aromatic amines is 1. The minimum absolute atomic E-state index is 0.0242. The maximum Gasteiger partial charge on any atom is 0.278 e. The largest absolute Gasteiger partial charge is 0.309 e. The van der Waals surface area contributed by atoms with Gasteiger partial charge in [-0.05, 0) is 29.8 Å². The lowest BCUT2D eigenvalue weighted by Gasteiger charge is -2.23. The molecule has 2 amide bonds. The highest BCUT2D eigenvalue weighted by Gasteiger charge is 2.23. The number of amides is 2. The highest BCUT2D eigenvalue weighted by Crippen LogP contribution is 2.24. The third-order valence-electron chi connectivity index (χ3n) is 4.48. The van der Waals surface area contributed by atoms with Crippen molar-refractivity contribution in [2.45, 2.75) is 6.54 Å². The average molecular weight is 433 g/mol. The van der Waals surface area contributed by atoms with Gasteiger partial charge in [-0.3, -0.25) is 14.7 Å². The van der Waals surface area contributed by atoms with Crippen LogP contribution in [0.25, 0.3) is 6.08 Å². The molecule has 6 nitrogen and oxygen atoms in total. The van der Waals surface area contributed by atoms with Crippen molar-refractivity contribution in [1.82, 2.24) is 15.1 Å². The molecule has 0 fully saturated rings. The summed E-state index contributed by atoms with van der Waals surface area (Å²) in [5, 5.41) is 8.40. The molecule has 0 spiro atoms. The molecule has 0 atom stereocenters. The van der Waals surface area contributed by atoms with Gasteiger partial charge < -0.3 is 10.2 Å². The number of fused-ring (bicyclic) bond motifs is 1. The predicted octanol–water partition coefficient (Wildman–Crippen LogP) is 4.36. The summed E-state index contributed by atoms with van der Waals surface area (Å²) in [6, 6.07) is 7.25. The molecular weight excluding hydrogens is 421 g/mol. The van der Waals surface area contributed by atoms with Gasteiger partial charge in [-0.1, -0.05) is 23.7 Å². The monoisotopic (exact) mass is 432 g/mol. The van der Waals surface area contributed by atoms with E-state index in [0.29, 0.717) is 23.3 Å². The van der Waals surface area contributed by atoms with Gasteiger partial charge in [0, 0.05) is 17.8 Å². The van der Waals surface area contributed by atoms with Crippen LogP contribution in [0.1, 0.15) is 32.0 Å². The third-order valence-corrected chi connectivity index (χ3v) is 4.79. The number of anilines is 1. The zero-order valence-corrected chi connectivity index (χ0v) is 15.8. The first kappa shape index (κ1) is 19.7. The quantitative estimate of drug-likeness (QED) is 0.604. The minimum atomic E-state index is -1.23. The molecule has 2 aromatic carbocycles. The van der Waals surface area contributed by atoms with Crippen LogP contribution in [0, 0.1) is 17.5 Å². The fraction of sp³-hybridized carbons (Fsp3) is 0.0500. The number of H-pyrrole nitrogens is 1. The van der Waals surface area contributed by atoms with Gasteiger partial charge in [0.25, 0.3) is 11.8 Å². The number of hydrogen-bond acceptors (Lipinski definition) is 3. The second-order valence-electron chi connectivity index (χ2n) is 6.42. The Labute approximate surface area is 173 Å². The summed E-state index contributed by atoms with van der Waals surface area (Å²) < 4.78 is 40.6. The molecule has 10 heteroatoms. The lowest BCUT2D eigenvalue weighted by Crippen LogP contribution is -2.28. The molecule has 1 aromatic heterocycles. The van der Waals surface area contributed by atoms with E-state index in [-0.39, 0.29) is 28.6 Å². The Hall–Kier alpha value is -3.59. The predicted molar refractivity (Wildman–Crippen MR) is 103 cm³/mol. The van der Waals surface area contributed by atoms with Gasteiger partial charge in [-0.25, -0.2) is 13.2 Å². The number of carbonyl (C=O) groups is 2. The highest BCUT2D eigenvalue weighted by molar-refractivity contribution is 6.34. The van der Waals surface area contributed by atoms with Gasteiger partial charge in [0.15, 0.2) is 17.3 Å². The van der Waals surface area contributed by atoms with Crippen molar-refractivity contribution in [1.29, 1.82) is 0 Å². The molecule has 3 aromatic rings. The van der Waals surface area contributed by atoms with Crippen LogP contribution >= 0.6 is 11.6 Å². The van der Waals surface area contributed by atoms with E-state index in [1.54, 1.807) is 18.2 Å². The second kappa shape index (κ2) is 7.68. The van der Waals surface area contributed by atoms with Crippen LogP contribution in [0.4, 0.5) is 19.0 Å². The van der Waals surface area contributed by atoms with Crippen molar-refractivity contribution in [2.75, 3.05) is 5.32 Å². The van der Waals surface area contributed by atoms with Crippen LogP contribution < -0.4 is 5.32 Å². The zero-order valence-electron chi connectivity index (χ0n) is 15.0. The van der Waals surface area contributed by atoms with Crippen LogP contribution in [0.15, 0.2) is 42.6 Å². The first-order chi connectivity index (χ1) is 14.3. The van der Waals surface area contributed by atoms with E-state index in [2.05, 4.69) is 15.5 Å². The number of rotatable bonds is 3. The van der Waals surface area contributed by atoms with Crippen molar-refractivity contribution in [3.8, 4) is 0 Å². The standard InChI is InChI=1S/C20H12ClF3N4O2/c21-13-7-16(24)15(23)6-11(13)19(29)25-18-8-17(26-27-18)20(30)28-5-4-10-2-1-3-14(22)12(10)9-28/h1-8H,9H2,(H2,25,26,27,29). The Balaban J connectivity index is 1.49. The summed E-state index contributed by atoms with van der Waals surface area (Å²) in [4.78, 5) is 26.2. The third kappa shape index (κ3) is 3.67. The van der Waals surface area contributed by atoms with Gasteiger partial charge in [-0.2, -0.15) is 5.10 Å². The van der Waals surface area contributed by atoms with Crippen molar-refractivity contribution in [3.05, 3.63) is 87.5 Å². The van der Waals surface area contributed by atoms with E-state index in [1.807, 2.05) is 0 Å². The Bertz CT molecular complexity index is 1210. The molecule has 2 heterocycles. The summed E-state index contributed by atoms with van der Waals surface area (Å²) in [7, 11) is 0. The first-order valence-corrected chi connectivity index (χ1v) is 8.99. The summed E-state index contributed by atoms with van der Waals surface area (Å²) >= 11 is 5.78. The van der Waals surface area contributed by atoms with Crippen LogP contribution in [-0.2, 0) is 6.54 Å². The molecule has 0 radical (unpaired) electrons. The number of hydrogen-bond donors (Lipinski definition) is 2. The van der Waals surface area contributed by atoms with Crippen LogP contribution in [0.5, 0.6) is 0 Å². The average Bonchev–Trinajstić information content (AvgIpc) is 3.18. The van der Waals surface area contributed by atoms with Crippen LogP contribution in [-0.4, -0.2) is 26.9 Å². The molecule has 2 N–H and O–H groups in total. The summed E-state index contributed by atoms with van der Waals surface area (Å²) in [5.74, 6) is -4.14. The summed E-state index contributed by atoms with van der Waals surface area (Å²) in [6.07, 6.45) is 3.12. The summed E-state index contributed by atoms with van der Waals surface area (Å²) in [6.45, 7) is 0.0242. The van der Waals surface area contributed by atoms with E-state index in [0.717, 1.165) is 0 Å². The molecule has 30 heavy (non-hydrogen) atoms. The molecule has 152 valence electrons.